The van der Waals surface area contributed by atoms with Crippen molar-refractivity contribution in [3.05, 3.63) is 42.0 Å². The summed E-state index contributed by atoms with van der Waals surface area (Å²) in [5, 5.41) is 11.6. The van der Waals surface area contributed by atoms with E-state index in [1.165, 1.54) is 10.5 Å². The number of hydrogen-bond acceptors (Lipinski definition) is 6. The molecule has 0 bridgehead atoms. The molecule has 1 aromatic heterocycles. The van der Waals surface area contributed by atoms with E-state index in [2.05, 4.69) is 39.5 Å². The van der Waals surface area contributed by atoms with Gasteiger partial charge in [0.05, 0.1) is 12.3 Å². The summed E-state index contributed by atoms with van der Waals surface area (Å²) in [5.74, 6) is 0.747. The van der Waals surface area contributed by atoms with Crippen molar-refractivity contribution >= 4 is 17.8 Å². The van der Waals surface area contributed by atoms with Crippen LogP contribution in [-0.2, 0) is 9.53 Å². The molecule has 1 saturated heterocycles. The molecule has 3 rings (SSSR count). The number of carbonyl (C=O) groups is 2. The van der Waals surface area contributed by atoms with Gasteiger partial charge < -0.3 is 24.8 Å². The number of nitrogens with one attached hydrogen (secondary N) is 1. The second-order valence-corrected chi connectivity index (χ2v) is 8.16. The Hall–Kier alpha value is -3.20. The number of amides is 3. The Balaban J connectivity index is 1.53. The van der Waals surface area contributed by atoms with E-state index in [1.807, 2.05) is 31.2 Å². The van der Waals surface area contributed by atoms with E-state index < -0.39 is 0 Å². The van der Waals surface area contributed by atoms with E-state index in [1.54, 1.807) is 12.0 Å². The van der Waals surface area contributed by atoms with Crippen LogP contribution in [-0.4, -0.2) is 91.5 Å². The second kappa shape index (κ2) is 12.2. The number of methoxy groups -OCH3 is 1. The summed E-state index contributed by atoms with van der Waals surface area (Å²) in [6.07, 6.45) is 0.842. The highest BCUT2D eigenvalue weighted by Gasteiger charge is 2.25. The van der Waals surface area contributed by atoms with E-state index in [9.17, 15) is 9.59 Å². The summed E-state index contributed by atoms with van der Waals surface area (Å²) >= 11 is 0. The zero-order chi connectivity index (χ0) is 23.6. The van der Waals surface area contributed by atoms with Crippen LogP contribution < -0.4 is 10.2 Å². The summed E-state index contributed by atoms with van der Waals surface area (Å²) in [6.45, 7) is 7.94. The molecule has 2 heterocycles. The van der Waals surface area contributed by atoms with Gasteiger partial charge in [-0.25, -0.2) is 4.79 Å². The van der Waals surface area contributed by atoms with Gasteiger partial charge in [0.15, 0.2) is 5.82 Å². The lowest BCUT2D eigenvalue weighted by Crippen LogP contribution is -2.53. The first-order valence-electron chi connectivity index (χ1n) is 11.5. The fraction of sp³-hybridized carbons (Fsp3) is 0.500. The number of nitrogens with zero attached hydrogens (tertiary/aromatic N) is 5. The van der Waals surface area contributed by atoms with E-state index in [0.29, 0.717) is 45.9 Å². The highest BCUT2D eigenvalue weighted by atomic mass is 16.5. The number of aryl methyl sites for hydroxylation is 1. The number of ether oxygens (including phenoxy) is 1. The van der Waals surface area contributed by atoms with Gasteiger partial charge in [-0.05, 0) is 25.5 Å². The van der Waals surface area contributed by atoms with Crippen LogP contribution in [0.25, 0.3) is 11.3 Å². The van der Waals surface area contributed by atoms with Crippen molar-refractivity contribution in [3.63, 3.8) is 0 Å². The van der Waals surface area contributed by atoms with Gasteiger partial charge in [0.2, 0.25) is 5.91 Å². The van der Waals surface area contributed by atoms with Gasteiger partial charge in [0.25, 0.3) is 0 Å². The molecule has 1 fully saturated rings. The van der Waals surface area contributed by atoms with Gasteiger partial charge in [-0.15, -0.1) is 10.2 Å². The summed E-state index contributed by atoms with van der Waals surface area (Å²) in [4.78, 5) is 30.7. The van der Waals surface area contributed by atoms with Crippen LogP contribution in [0.1, 0.15) is 18.9 Å². The Morgan fingerprint density at radius 3 is 2.39 bits per heavy atom. The minimum Gasteiger partial charge on any atom is -0.383 e. The zero-order valence-electron chi connectivity index (χ0n) is 19.8. The molecule has 1 aliphatic heterocycles. The molecule has 0 spiro atoms. The lowest BCUT2D eigenvalue weighted by atomic mass is 10.1. The van der Waals surface area contributed by atoms with Crippen molar-refractivity contribution in [2.24, 2.45) is 0 Å². The van der Waals surface area contributed by atoms with Crippen molar-refractivity contribution in [1.29, 1.82) is 0 Å². The minimum atomic E-state index is -0.232. The normalized spacial score (nSPS) is 13.7. The van der Waals surface area contributed by atoms with Gasteiger partial charge >= 0.3 is 6.03 Å². The summed E-state index contributed by atoms with van der Waals surface area (Å²) in [5.41, 5.74) is 3.08. The number of carbonyl (C=O) groups excluding carboxylic acids is 2. The van der Waals surface area contributed by atoms with Crippen LogP contribution in [0.4, 0.5) is 10.6 Å². The Labute approximate surface area is 195 Å². The number of piperazine rings is 1. The second-order valence-electron chi connectivity index (χ2n) is 8.16. The van der Waals surface area contributed by atoms with Gasteiger partial charge in [-0.2, -0.15) is 0 Å². The number of urea groups is 1. The van der Waals surface area contributed by atoms with Crippen LogP contribution in [0.3, 0.4) is 0 Å². The smallest absolute Gasteiger partial charge is 0.317 e. The summed E-state index contributed by atoms with van der Waals surface area (Å²) in [6, 6.07) is 11.9. The van der Waals surface area contributed by atoms with Crippen molar-refractivity contribution in [1.82, 2.24) is 25.3 Å². The first-order chi connectivity index (χ1) is 16.0. The van der Waals surface area contributed by atoms with E-state index in [0.717, 1.165) is 23.5 Å². The Morgan fingerprint density at radius 1 is 1.06 bits per heavy atom. The highest BCUT2D eigenvalue weighted by Crippen LogP contribution is 2.20. The van der Waals surface area contributed by atoms with Crippen LogP contribution in [0.5, 0.6) is 0 Å². The predicted octanol–water partition coefficient (Wildman–Crippen LogP) is 2.17. The Kier molecular flexibility index (Phi) is 9.00. The molecule has 0 unspecified atom stereocenters. The average molecular weight is 455 g/mol. The molecule has 9 nitrogen and oxygen atoms in total. The molecule has 3 amide bonds. The van der Waals surface area contributed by atoms with Crippen LogP contribution in [0, 0.1) is 6.92 Å². The SMILES string of the molecule is CCCNC(=O)N(CCOC)CC(=O)N1CCN(c2ccc(-c3ccc(C)cc3)nn2)CC1. The zero-order valence-corrected chi connectivity index (χ0v) is 19.8. The lowest BCUT2D eigenvalue weighted by molar-refractivity contribution is -0.132. The molecule has 1 N–H and O–H groups in total. The van der Waals surface area contributed by atoms with Gasteiger partial charge in [-0.1, -0.05) is 36.8 Å². The monoisotopic (exact) mass is 454 g/mol. The number of aromatic nitrogens is 2. The van der Waals surface area contributed by atoms with Crippen molar-refractivity contribution in [2.45, 2.75) is 20.3 Å². The van der Waals surface area contributed by atoms with E-state index in [4.69, 9.17) is 4.74 Å². The largest absolute Gasteiger partial charge is 0.383 e. The maximum atomic E-state index is 12.8. The molecule has 178 valence electrons. The first-order valence-corrected chi connectivity index (χ1v) is 11.5. The van der Waals surface area contributed by atoms with E-state index in [-0.39, 0.29) is 18.5 Å². The van der Waals surface area contributed by atoms with Crippen LogP contribution in [0.15, 0.2) is 36.4 Å². The van der Waals surface area contributed by atoms with Gasteiger partial charge in [0.1, 0.15) is 6.54 Å². The molecule has 0 radical (unpaired) electrons. The molecular weight excluding hydrogens is 420 g/mol. The topological polar surface area (TPSA) is 90.9 Å². The fourth-order valence-electron chi connectivity index (χ4n) is 3.62. The third-order valence-electron chi connectivity index (χ3n) is 5.66. The number of hydrogen-bond donors (Lipinski definition) is 1. The molecule has 9 heteroatoms. The quantitative estimate of drug-likeness (QED) is 0.625. The lowest BCUT2D eigenvalue weighted by Gasteiger charge is -2.36. The maximum Gasteiger partial charge on any atom is 0.317 e. The van der Waals surface area contributed by atoms with Crippen molar-refractivity contribution < 1.29 is 14.3 Å². The molecular formula is C24H34N6O3. The standard InChI is InChI=1S/C24H34N6O3/c1-4-11-25-24(32)30(16-17-33-3)18-23(31)29-14-12-28(13-15-29)22-10-9-21(26-27-22)20-7-5-19(2)6-8-20/h5-10H,4,11-18H2,1-3H3,(H,25,32). The number of anilines is 1. The van der Waals surface area contributed by atoms with Crippen molar-refractivity contribution in [3.8, 4) is 11.3 Å². The Morgan fingerprint density at radius 2 is 1.79 bits per heavy atom. The molecule has 33 heavy (non-hydrogen) atoms. The van der Waals surface area contributed by atoms with Crippen LogP contribution in [0.2, 0.25) is 0 Å². The molecule has 1 aromatic carbocycles. The Bertz CT molecular complexity index is 895. The van der Waals surface area contributed by atoms with Gasteiger partial charge in [0, 0.05) is 51.9 Å². The molecule has 0 aliphatic carbocycles. The summed E-state index contributed by atoms with van der Waals surface area (Å²) in [7, 11) is 1.58. The maximum absolute atomic E-state index is 12.8. The molecule has 0 saturated carbocycles. The van der Waals surface area contributed by atoms with Crippen LogP contribution >= 0.6 is 0 Å². The summed E-state index contributed by atoms with van der Waals surface area (Å²) < 4.78 is 5.09. The molecule has 2 aromatic rings. The van der Waals surface area contributed by atoms with Gasteiger partial charge in [-0.3, -0.25) is 4.79 Å². The first kappa shape index (κ1) is 24.4. The fourth-order valence-corrected chi connectivity index (χ4v) is 3.62. The third kappa shape index (κ3) is 6.89. The number of rotatable bonds is 9. The van der Waals surface area contributed by atoms with E-state index >= 15 is 0 Å². The number of benzene rings is 1. The third-order valence-corrected chi connectivity index (χ3v) is 5.66. The highest BCUT2D eigenvalue weighted by molar-refractivity contribution is 5.84. The average Bonchev–Trinajstić information content (AvgIpc) is 2.85. The molecule has 1 aliphatic rings. The molecule has 0 atom stereocenters. The minimum absolute atomic E-state index is 0.0456. The predicted molar refractivity (Wildman–Crippen MR) is 128 cm³/mol. The van der Waals surface area contributed by atoms with Crippen molar-refractivity contribution in [2.75, 3.05) is 64.4 Å².